The molecule has 1 N–H and O–H groups in total. The molecule has 3 atom stereocenters. The van der Waals surface area contributed by atoms with E-state index in [2.05, 4.69) is 15.9 Å². The predicted octanol–water partition coefficient (Wildman–Crippen LogP) is 2.55. The third-order valence-corrected chi connectivity index (χ3v) is 9.34. The van der Waals surface area contributed by atoms with Crippen LogP contribution in [0, 0.1) is 0 Å². The van der Waals surface area contributed by atoms with Crippen molar-refractivity contribution in [2.75, 3.05) is 6.16 Å². The molecule has 4 heteroatoms. The van der Waals surface area contributed by atoms with Gasteiger partial charge in [-0.25, -0.2) is 0 Å². The summed E-state index contributed by atoms with van der Waals surface area (Å²) in [5.41, 5.74) is -0.856. The molecular weight excluding hydrogens is 275 g/mol. The first kappa shape index (κ1) is 11.4. The van der Waals surface area contributed by atoms with Crippen molar-refractivity contribution in [3.8, 4) is 0 Å². The minimum Gasteiger partial charge on any atom is -0.388 e. The van der Waals surface area contributed by atoms with Crippen molar-refractivity contribution in [3.63, 3.8) is 0 Å². The second kappa shape index (κ2) is 3.73. The fraction of sp³-hybridized carbons (Fsp3) is 0.455. The summed E-state index contributed by atoms with van der Waals surface area (Å²) in [6, 6.07) is 9.46. The predicted molar refractivity (Wildman–Crippen MR) is 66.5 cm³/mol. The van der Waals surface area contributed by atoms with Gasteiger partial charge in [0.2, 0.25) is 0 Å². The Morgan fingerprint density at radius 1 is 1.47 bits per heavy atom. The van der Waals surface area contributed by atoms with Crippen LogP contribution in [0.1, 0.15) is 13.3 Å². The Labute approximate surface area is 98.2 Å². The summed E-state index contributed by atoms with van der Waals surface area (Å²) in [4.78, 5) is 0. The van der Waals surface area contributed by atoms with Gasteiger partial charge in [-0.1, -0.05) is 46.3 Å². The third kappa shape index (κ3) is 1.82. The molecule has 2 rings (SSSR count). The van der Waals surface area contributed by atoms with Gasteiger partial charge >= 0.3 is 0 Å². The largest absolute Gasteiger partial charge is 0.388 e. The smallest absolute Gasteiger partial charge is 0.131 e. The van der Waals surface area contributed by atoms with E-state index in [4.69, 9.17) is 0 Å². The summed E-state index contributed by atoms with van der Waals surface area (Å²) in [5, 5.41) is 10.9. The number of alkyl halides is 1. The highest BCUT2D eigenvalue weighted by Crippen LogP contribution is 2.62. The zero-order valence-electron chi connectivity index (χ0n) is 8.56. The normalized spacial score (nSPS) is 40.6. The Morgan fingerprint density at radius 3 is 2.53 bits per heavy atom. The zero-order valence-corrected chi connectivity index (χ0v) is 11.0. The minimum atomic E-state index is -2.47. The zero-order chi connectivity index (χ0) is 11.1. The molecule has 2 nitrogen and oxygen atoms in total. The van der Waals surface area contributed by atoms with E-state index in [1.165, 1.54) is 0 Å². The van der Waals surface area contributed by atoms with Crippen molar-refractivity contribution in [2.24, 2.45) is 0 Å². The summed E-state index contributed by atoms with van der Waals surface area (Å²) in [7, 11) is -2.47. The first-order chi connectivity index (χ1) is 6.97. The summed E-state index contributed by atoms with van der Waals surface area (Å²) in [6.07, 6.45) is 1.18. The summed E-state index contributed by atoms with van der Waals surface area (Å²) in [6.45, 7) is 1.75. The molecule has 1 fully saturated rings. The van der Waals surface area contributed by atoms with Crippen LogP contribution in [0.3, 0.4) is 0 Å². The van der Waals surface area contributed by atoms with E-state index in [1.54, 1.807) is 6.92 Å². The number of rotatable bonds is 1. The molecule has 0 spiro atoms. The quantitative estimate of drug-likeness (QED) is 0.637. The lowest BCUT2D eigenvalue weighted by Gasteiger charge is -2.24. The summed E-state index contributed by atoms with van der Waals surface area (Å²) >= 11 is 3.41. The maximum Gasteiger partial charge on any atom is 0.131 e. The van der Waals surface area contributed by atoms with Crippen LogP contribution in [0.15, 0.2) is 30.3 Å². The highest BCUT2D eigenvalue weighted by Gasteiger charge is 2.50. The van der Waals surface area contributed by atoms with E-state index in [0.29, 0.717) is 12.6 Å². The average molecular weight is 289 g/mol. The van der Waals surface area contributed by atoms with E-state index >= 15 is 0 Å². The first-order valence-corrected chi connectivity index (χ1v) is 7.85. The van der Waals surface area contributed by atoms with Crippen molar-refractivity contribution in [1.82, 2.24) is 0 Å². The molecule has 15 heavy (non-hydrogen) atoms. The molecule has 82 valence electrons. The molecule has 1 aromatic carbocycles. The number of benzene rings is 1. The molecule has 0 radical (unpaired) electrons. The van der Waals surface area contributed by atoms with Crippen molar-refractivity contribution in [3.05, 3.63) is 30.3 Å². The van der Waals surface area contributed by atoms with E-state index < -0.39 is 12.7 Å². The lowest BCUT2D eigenvalue weighted by atomic mass is 10.1. The standard InChI is InChI=1S/C11H14BrO2P/c1-11(13)7-8-15(14,10(11)12)9-5-3-2-4-6-9/h2-6,10,13H,7-8H2,1H3/t10-,11+,15+/m0/s1. The van der Waals surface area contributed by atoms with Crippen molar-refractivity contribution >= 4 is 28.4 Å². The van der Waals surface area contributed by atoms with Gasteiger partial charge in [0.25, 0.3) is 0 Å². The number of hydrogen-bond acceptors (Lipinski definition) is 2. The van der Waals surface area contributed by atoms with Crippen molar-refractivity contribution < 1.29 is 9.67 Å². The first-order valence-electron chi connectivity index (χ1n) is 4.98. The van der Waals surface area contributed by atoms with Crippen LogP contribution in [0.25, 0.3) is 0 Å². The van der Waals surface area contributed by atoms with Gasteiger partial charge in [0.05, 0.1) is 5.60 Å². The molecule has 0 saturated carbocycles. The summed E-state index contributed by atoms with van der Waals surface area (Å²) in [5.74, 6) is 0. The number of hydrogen-bond donors (Lipinski definition) is 1. The molecular formula is C11H14BrO2P. The Kier molecular flexibility index (Phi) is 2.83. The average Bonchev–Trinajstić information content (AvgIpc) is 2.45. The van der Waals surface area contributed by atoms with Crippen LogP contribution in [0.2, 0.25) is 0 Å². The van der Waals surface area contributed by atoms with Crippen LogP contribution >= 0.6 is 23.1 Å². The van der Waals surface area contributed by atoms with E-state index in [9.17, 15) is 9.67 Å². The molecule has 0 unspecified atom stereocenters. The molecule has 1 aliphatic heterocycles. The maximum absolute atomic E-state index is 12.8. The Hall–Kier alpha value is -0.110. The summed E-state index contributed by atoms with van der Waals surface area (Å²) < 4.78 is 12.4. The molecule has 0 amide bonds. The van der Waals surface area contributed by atoms with E-state index in [0.717, 1.165) is 5.30 Å². The fourth-order valence-corrected chi connectivity index (χ4v) is 6.80. The topological polar surface area (TPSA) is 37.3 Å². The fourth-order valence-electron chi connectivity index (χ4n) is 2.01. The van der Waals surface area contributed by atoms with Gasteiger partial charge in [-0.3, -0.25) is 0 Å². The van der Waals surface area contributed by atoms with Gasteiger partial charge in [0.1, 0.15) is 11.7 Å². The highest BCUT2D eigenvalue weighted by atomic mass is 79.9. The van der Waals surface area contributed by atoms with E-state index in [1.807, 2.05) is 30.3 Å². The minimum absolute atomic E-state index is 0.320. The van der Waals surface area contributed by atoms with E-state index in [-0.39, 0.29) is 4.57 Å². The van der Waals surface area contributed by atoms with Crippen LogP contribution in [-0.4, -0.2) is 21.4 Å². The molecule has 1 aromatic rings. The number of halogens is 1. The molecule has 0 aliphatic carbocycles. The Morgan fingerprint density at radius 2 is 2.07 bits per heavy atom. The van der Waals surface area contributed by atoms with Crippen molar-refractivity contribution in [1.29, 1.82) is 0 Å². The van der Waals surface area contributed by atoms with Gasteiger partial charge in [-0.2, -0.15) is 0 Å². The van der Waals surface area contributed by atoms with Crippen LogP contribution in [0.5, 0.6) is 0 Å². The Bertz CT molecular complexity index is 402. The van der Waals surface area contributed by atoms with Gasteiger partial charge < -0.3 is 9.67 Å². The lowest BCUT2D eigenvalue weighted by molar-refractivity contribution is 0.0820. The van der Waals surface area contributed by atoms with Crippen LogP contribution < -0.4 is 5.30 Å². The molecule has 1 heterocycles. The van der Waals surface area contributed by atoms with Gasteiger partial charge in [-0.05, 0) is 13.3 Å². The van der Waals surface area contributed by atoms with Crippen molar-refractivity contribution in [2.45, 2.75) is 23.5 Å². The highest BCUT2D eigenvalue weighted by molar-refractivity contribution is 9.11. The molecule has 0 aromatic heterocycles. The SMILES string of the molecule is C[C@@]1(O)CC[P@@](=O)(c2ccccc2)[C@@H]1Br. The van der Waals surface area contributed by atoms with Crippen LogP contribution in [0.4, 0.5) is 0 Å². The second-order valence-corrected chi connectivity index (χ2v) is 8.99. The van der Waals surface area contributed by atoms with Gasteiger partial charge in [-0.15, -0.1) is 0 Å². The Balaban J connectivity index is 2.42. The lowest BCUT2D eigenvalue weighted by Crippen LogP contribution is -2.30. The van der Waals surface area contributed by atoms with Gasteiger partial charge in [0, 0.05) is 11.5 Å². The van der Waals surface area contributed by atoms with Crippen LogP contribution in [-0.2, 0) is 4.57 Å². The monoisotopic (exact) mass is 288 g/mol. The molecule has 0 bridgehead atoms. The number of aliphatic hydroxyl groups is 1. The van der Waals surface area contributed by atoms with Gasteiger partial charge in [0.15, 0.2) is 0 Å². The molecule has 1 aliphatic rings. The maximum atomic E-state index is 12.8. The molecule has 1 saturated heterocycles. The second-order valence-electron chi connectivity index (χ2n) is 4.30. The third-order valence-electron chi connectivity index (χ3n) is 3.02.